The quantitative estimate of drug-likeness (QED) is 0.00178. The number of benzene rings is 5. The van der Waals surface area contributed by atoms with E-state index in [9.17, 15) is 43.2 Å². The minimum atomic E-state index is -1.00. The molecule has 10 aromatic rings. The lowest BCUT2D eigenvalue weighted by Crippen LogP contribution is -2.19. The normalized spacial score (nSPS) is 10.6. The van der Waals surface area contributed by atoms with Crippen molar-refractivity contribution in [2.45, 2.75) is 85.5 Å². The van der Waals surface area contributed by atoms with Gasteiger partial charge < -0.3 is 65.3 Å². The number of esters is 4. The number of carboxylic acid groups (broad SMARTS) is 3. The number of carboxylic acids is 3. The van der Waals surface area contributed by atoms with Crippen molar-refractivity contribution in [1.82, 2.24) is 24.9 Å². The molecular formula is C77H83Cl3N14O16. The zero-order valence-corrected chi connectivity index (χ0v) is 62.8. The maximum absolute atomic E-state index is 12.6. The fraction of sp³-hybridized carbons (Fsp3) is 0.273. The number of fused-ring (bicyclic) bond motifs is 3. The van der Waals surface area contributed by atoms with Crippen LogP contribution in [0, 0.1) is 0 Å². The minimum Gasteiger partial charge on any atom is -0.478 e. The highest BCUT2D eigenvalue weighted by molar-refractivity contribution is 6.36. The van der Waals surface area contributed by atoms with Crippen LogP contribution in [0.1, 0.15) is 166 Å². The highest BCUT2D eigenvalue weighted by Gasteiger charge is 2.24. The number of nitrogens with two attached hydrogens (primary N) is 1. The Kier molecular flexibility index (Phi) is 36.2. The number of hydrogen-bond donors (Lipinski definition) is 11. The van der Waals surface area contributed by atoms with Gasteiger partial charge >= 0.3 is 41.8 Å². The molecule has 0 bridgehead atoms. The number of hydrazine groups is 1. The molecular weight excluding hydrogens is 1480 g/mol. The van der Waals surface area contributed by atoms with Gasteiger partial charge in [0.15, 0.2) is 0 Å². The average molecular weight is 1570 g/mol. The molecule has 0 aliphatic heterocycles. The van der Waals surface area contributed by atoms with E-state index in [-0.39, 0.29) is 54.0 Å². The number of nitrogen functional groups attached to an aromatic ring is 1. The Morgan fingerprint density at radius 2 is 0.864 bits per heavy atom. The molecule has 10 rings (SSSR count). The van der Waals surface area contributed by atoms with Crippen molar-refractivity contribution in [1.29, 1.82) is 0 Å². The molecule has 0 spiro atoms. The summed E-state index contributed by atoms with van der Waals surface area (Å²) < 4.78 is 20.3. The summed E-state index contributed by atoms with van der Waals surface area (Å²) >= 11 is 17.2. The Morgan fingerprint density at radius 3 is 1.23 bits per heavy atom. The zero-order valence-electron chi connectivity index (χ0n) is 60.5. The summed E-state index contributed by atoms with van der Waals surface area (Å²) in [5, 5.41) is 41.9. The summed E-state index contributed by atoms with van der Waals surface area (Å²) in [6.07, 6.45) is 12.1. The van der Waals surface area contributed by atoms with Crippen LogP contribution in [-0.2, 0) is 43.0 Å². The number of aromatic carboxylic acids is 3. The van der Waals surface area contributed by atoms with E-state index in [0.29, 0.717) is 132 Å². The number of hydrogen-bond acceptors (Lipinski definition) is 20. The van der Waals surface area contributed by atoms with Crippen LogP contribution in [0.3, 0.4) is 0 Å². The third-order valence-corrected chi connectivity index (χ3v) is 16.5. The summed E-state index contributed by atoms with van der Waals surface area (Å²) in [5.41, 5.74) is 23.6. The first-order valence-corrected chi connectivity index (χ1v) is 36.2. The largest absolute Gasteiger partial charge is 0.478 e. The molecule has 0 aliphatic carbocycles. The SMILES string of the molecule is CCOC(=O)/C(CCCCCl)=N/Nc1ccc(C(=O)O)cc1.CCOC(=O)c1[nH]c2ccc(C(=O)Nc3cccnc3)cc2c1CCCCl.CCOC(=O)c1[nH]c2ccc(C(=O)Nc3cccnc3)cc2c1CCCN=[N+]=[N-].CCOC(=O)c1[nH]c2ccc(C(=O)O)cc2c1CCCCl.NNc1ccc(C(=O)O)cc1. The highest BCUT2D eigenvalue weighted by atomic mass is 35.5. The number of nitrogens with one attached hydrogen (secondary N) is 7. The number of aromatic nitrogens is 5. The Bertz CT molecular complexity index is 4840. The van der Waals surface area contributed by atoms with E-state index in [4.69, 9.17) is 80.4 Å². The number of halogens is 3. The second-order valence-corrected chi connectivity index (χ2v) is 24.3. The van der Waals surface area contributed by atoms with Crippen molar-refractivity contribution in [3.8, 4) is 0 Å². The van der Waals surface area contributed by atoms with Crippen molar-refractivity contribution in [2.24, 2.45) is 16.1 Å². The fourth-order valence-electron chi connectivity index (χ4n) is 10.5. The number of aryl methyl sites for hydroxylation is 3. The number of H-pyrrole nitrogens is 3. The number of unbranched alkanes of at least 4 members (excludes halogenated alkanes) is 1. The van der Waals surface area contributed by atoms with Crippen LogP contribution in [0.25, 0.3) is 43.2 Å². The van der Waals surface area contributed by atoms with Gasteiger partial charge in [-0.25, -0.2) is 33.6 Å². The molecule has 5 heterocycles. The number of aromatic amines is 3. The molecule has 12 N–H and O–H groups in total. The van der Waals surface area contributed by atoms with Gasteiger partial charge in [-0.05, 0) is 235 Å². The van der Waals surface area contributed by atoms with Crippen LogP contribution in [0.15, 0.2) is 162 Å². The first kappa shape index (κ1) is 86.6. The number of ether oxygens (including phenoxy) is 4. The number of nitrogens with zero attached hydrogens (tertiary/aromatic N) is 6. The number of anilines is 4. The van der Waals surface area contributed by atoms with E-state index in [2.05, 4.69) is 61.5 Å². The van der Waals surface area contributed by atoms with E-state index in [0.717, 1.165) is 56.7 Å². The molecule has 0 fully saturated rings. The summed E-state index contributed by atoms with van der Waals surface area (Å²) in [5.74, 6) is 1.34. The lowest BCUT2D eigenvalue weighted by atomic mass is 10.0. The monoisotopic (exact) mass is 1560 g/mol. The van der Waals surface area contributed by atoms with Crippen molar-refractivity contribution < 1.29 is 77.4 Å². The Hall–Kier alpha value is -12.3. The van der Waals surface area contributed by atoms with Crippen molar-refractivity contribution in [3.63, 3.8) is 0 Å². The van der Waals surface area contributed by atoms with Crippen LogP contribution in [0.2, 0.25) is 0 Å². The first-order chi connectivity index (χ1) is 53.2. The Morgan fingerprint density at radius 1 is 0.482 bits per heavy atom. The number of alkyl halides is 3. The molecule has 0 saturated carbocycles. The van der Waals surface area contributed by atoms with E-state index < -0.39 is 41.8 Å². The third kappa shape index (κ3) is 26.3. The van der Waals surface area contributed by atoms with Gasteiger partial charge in [-0.2, -0.15) is 5.10 Å². The zero-order chi connectivity index (χ0) is 79.9. The van der Waals surface area contributed by atoms with Crippen LogP contribution in [-0.4, -0.2) is 150 Å². The maximum Gasteiger partial charge on any atom is 0.355 e. The summed E-state index contributed by atoms with van der Waals surface area (Å²) in [6, 6.07) is 34.4. The van der Waals surface area contributed by atoms with Crippen LogP contribution < -0.4 is 27.3 Å². The molecule has 5 aromatic heterocycles. The third-order valence-electron chi connectivity index (χ3n) is 15.7. The van der Waals surface area contributed by atoms with Crippen molar-refractivity contribution in [2.75, 3.05) is 72.1 Å². The molecule has 0 atom stereocenters. The molecule has 30 nitrogen and oxygen atoms in total. The molecule has 578 valence electrons. The Labute approximate surface area is 646 Å². The van der Waals surface area contributed by atoms with Crippen LogP contribution in [0.4, 0.5) is 22.7 Å². The second kappa shape index (κ2) is 46.0. The number of carbonyl (C=O) groups is 9. The van der Waals surface area contributed by atoms with Crippen molar-refractivity contribution in [3.05, 3.63) is 224 Å². The molecule has 0 unspecified atom stereocenters. The fourth-order valence-corrected chi connectivity index (χ4v) is 11.0. The summed E-state index contributed by atoms with van der Waals surface area (Å²) in [7, 11) is 0. The topological polar surface area (TPSA) is 460 Å². The molecule has 0 radical (unpaired) electrons. The number of carbonyl (C=O) groups excluding carboxylic acids is 6. The molecule has 2 amide bonds. The van der Waals surface area contributed by atoms with Crippen molar-refractivity contribution >= 4 is 150 Å². The second-order valence-electron chi connectivity index (χ2n) is 23.2. The summed E-state index contributed by atoms with van der Waals surface area (Å²) in [6.45, 7) is 8.39. The smallest absolute Gasteiger partial charge is 0.355 e. The van der Waals surface area contributed by atoms with Gasteiger partial charge in [0.1, 0.15) is 22.8 Å². The molecule has 33 heteroatoms. The van der Waals surface area contributed by atoms with Gasteiger partial charge in [0.25, 0.3) is 11.8 Å². The lowest BCUT2D eigenvalue weighted by molar-refractivity contribution is -0.135. The number of azide groups is 1. The van der Waals surface area contributed by atoms with E-state index in [1.54, 1.807) is 150 Å². The van der Waals surface area contributed by atoms with Crippen LogP contribution in [0.5, 0.6) is 0 Å². The standard InChI is InChI=1S/C20H20ClN3O3.C20H20N6O3.C15H19ClN2O4.C15H16ClNO4.C7H8N2O2/c1-2-27-20(26)18-15(6-3-9-21)16-11-13(7-8-17(16)24-18)19(25)23-14-5-4-10-22-12-14;1-2-29-20(28)18-15(6-4-10-23-26-21)16-11-13(7-8-17(16)25-18)19(27)24-14-5-3-9-22-12-14;1-2-22-15(21)13(5-3-4-10-16)18-17-12-8-6-11(7-9-12)14(19)20;1-2-21-15(20)13-10(4-3-7-16)11-8-9(14(18)19)5-6-12(11)17-13;8-9-6-3-1-5(2-4-6)7(10)11/h4-5,7-8,10-12,24H,2-3,6,9H2,1H3,(H,23,25);3,5,7-9,11-12,25H,2,4,6,10H2,1H3,(H,24,27);6-9,17H,2-5,10H2,1H3,(H,19,20);5-6,8,17H,2-4,7H2,1H3,(H,18,19);1-4,9H,8H2,(H,10,11)/b;;18-13+;;. The number of amides is 2. The Balaban J connectivity index is 0.000000220. The predicted octanol–water partition coefficient (Wildman–Crippen LogP) is 15.4. The number of hydrazone groups is 1. The predicted molar refractivity (Wildman–Crippen MR) is 421 cm³/mol. The highest BCUT2D eigenvalue weighted by Crippen LogP contribution is 2.30. The number of rotatable bonds is 32. The van der Waals surface area contributed by atoms with Gasteiger partial charge in [0.2, 0.25) is 0 Å². The van der Waals surface area contributed by atoms with Gasteiger partial charge in [-0.15, -0.1) is 34.8 Å². The van der Waals surface area contributed by atoms with E-state index in [1.807, 2.05) is 0 Å². The van der Waals surface area contributed by atoms with Gasteiger partial charge in [-0.1, -0.05) is 5.11 Å². The number of pyridine rings is 2. The molecule has 5 aromatic carbocycles. The van der Waals surface area contributed by atoms with Gasteiger partial charge in [-0.3, -0.25) is 30.8 Å². The molecule has 110 heavy (non-hydrogen) atoms. The van der Waals surface area contributed by atoms with E-state index in [1.165, 1.54) is 30.3 Å². The lowest BCUT2D eigenvalue weighted by Gasteiger charge is -2.07. The summed E-state index contributed by atoms with van der Waals surface area (Å²) in [4.78, 5) is 126. The van der Waals surface area contributed by atoms with Gasteiger partial charge in [0.05, 0.1) is 72.6 Å². The maximum atomic E-state index is 12.6. The first-order valence-electron chi connectivity index (χ1n) is 34.6. The van der Waals surface area contributed by atoms with Gasteiger partial charge in [0, 0.05) is 91.0 Å². The molecule has 0 saturated heterocycles. The van der Waals surface area contributed by atoms with Crippen LogP contribution >= 0.6 is 34.8 Å². The minimum absolute atomic E-state index is 0.183. The molecule has 0 aliphatic rings. The van der Waals surface area contributed by atoms with E-state index >= 15 is 0 Å². The average Bonchev–Trinajstić information content (AvgIpc) is 1.65.